The minimum Gasteiger partial charge on any atom is -0.481 e. The molecule has 3 rings (SSSR count). The van der Waals surface area contributed by atoms with E-state index in [-0.39, 0.29) is 5.92 Å². The maximum Gasteiger partial charge on any atom is 0.308 e. The lowest BCUT2D eigenvalue weighted by atomic mass is 9.88. The van der Waals surface area contributed by atoms with Gasteiger partial charge >= 0.3 is 5.97 Å². The number of nitrogens with zero attached hydrogens (tertiary/aromatic N) is 3. The van der Waals surface area contributed by atoms with Gasteiger partial charge in [-0.15, -0.1) is 5.10 Å². The number of carbonyl (C=O) groups is 1. The van der Waals surface area contributed by atoms with Crippen LogP contribution in [0.2, 0.25) is 0 Å². The van der Waals surface area contributed by atoms with Gasteiger partial charge in [0.1, 0.15) is 0 Å². The van der Waals surface area contributed by atoms with Crippen molar-refractivity contribution < 1.29 is 9.90 Å². The molecule has 0 spiro atoms. The summed E-state index contributed by atoms with van der Waals surface area (Å²) in [6, 6.07) is 2.13. The standard InChI is InChI=1S/C15H21N3O2/c1-10-4-5-13-12(7-10)8-14(17-16-13)18-6-2-3-11(9-18)15(19)20/h8,10-11H,2-7,9H2,1H3,(H,19,20)/t10-,11-/m0/s1. The molecule has 1 aliphatic heterocycles. The van der Waals surface area contributed by atoms with Gasteiger partial charge in [0.15, 0.2) is 5.82 Å². The van der Waals surface area contributed by atoms with Crippen LogP contribution in [0.1, 0.15) is 37.4 Å². The molecule has 2 aliphatic rings. The SMILES string of the molecule is C[C@H]1CCc2nnc(N3CCC[C@H](C(=O)O)C3)cc2C1. The van der Waals surface area contributed by atoms with Gasteiger partial charge in [-0.25, -0.2) is 0 Å². The first kappa shape index (κ1) is 13.3. The maximum absolute atomic E-state index is 11.1. The van der Waals surface area contributed by atoms with Gasteiger partial charge in [-0.1, -0.05) is 6.92 Å². The minimum absolute atomic E-state index is 0.277. The van der Waals surface area contributed by atoms with Crippen LogP contribution in [0.15, 0.2) is 6.07 Å². The fourth-order valence-electron chi connectivity index (χ4n) is 3.23. The van der Waals surface area contributed by atoms with Crippen molar-refractivity contribution in [2.24, 2.45) is 11.8 Å². The number of hydrogen-bond donors (Lipinski definition) is 1. The van der Waals surface area contributed by atoms with E-state index in [9.17, 15) is 4.79 Å². The molecule has 1 aliphatic carbocycles. The second-order valence-corrected chi connectivity index (χ2v) is 6.15. The van der Waals surface area contributed by atoms with Crippen molar-refractivity contribution in [1.82, 2.24) is 10.2 Å². The number of aryl methyl sites for hydroxylation is 1. The molecule has 5 heteroatoms. The van der Waals surface area contributed by atoms with Gasteiger partial charge in [0.05, 0.1) is 11.6 Å². The molecule has 1 aromatic rings. The normalized spacial score (nSPS) is 26.1. The summed E-state index contributed by atoms with van der Waals surface area (Å²) in [5.74, 6) is 0.575. The Hall–Kier alpha value is -1.65. The number of hydrogen-bond acceptors (Lipinski definition) is 4. The Kier molecular flexibility index (Phi) is 3.59. The fourth-order valence-corrected chi connectivity index (χ4v) is 3.23. The Balaban J connectivity index is 1.80. The van der Waals surface area contributed by atoms with Crippen molar-refractivity contribution in [3.05, 3.63) is 17.3 Å². The van der Waals surface area contributed by atoms with Crippen LogP contribution in [0.4, 0.5) is 5.82 Å². The van der Waals surface area contributed by atoms with Crippen molar-refractivity contribution in [3.8, 4) is 0 Å². The molecule has 20 heavy (non-hydrogen) atoms. The van der Waals surface area contributed by atoms with Crippen molar-refractivity contribution >= 4 is 11.8 Å². The van der Waals surface area contributed by atoms with Crippen molar-refractivity contribution in [2.75, 3.05) is 18.0 Å². The zero-order chi connectivity index (χ0) is 14.1. The van der Waals surface area contributed by atoms with Gasteiger partial charge in [-0.05, 0) is 49.7 Å². The highest BCUT2D eigenvalue weighted by atomic mass is 16.4. The van der Waals surface area contributed by atoms with Gasteiger partial charge in [0.2, 0.25) is 0 Å². The van der Waals surface area contributed by atoms with E-state index in [2.05, 4.69) is 28.1 Å². The molecule has 1 fully saturated rings. The zero-order valence-electron chi connectivity index (χ0n) is 11.9. The van der Waals surface area contributed by atoms with E-state index < -0.39 is 5.97 Å². The Labute approximate surface area is 119 Å². The second-order valence-electron chi connectivity index (χ2n) is 6.15. The number of carboxylic acid groups (broad SMARTS) is 1. The average molecular weight is 275 g/mol. The predicted molar refractivity (Wildman–Crippen MR) is 75.8 cm³/mol. The molecular formula is C15H21N3O2. The molecule has 1 aromatic heterocycles. The number of fused-ring (bicyclic) bond motifs is 1. The van der Waals surface area contributed by atoms with Gasteiger partial charge in [-0.3, -0.25) is 4.79 Å². The molecule has 0 aromatic carbocycles. The number of aromatic nitrogens is 2. The third kappa shape index (κ3) is 2.62. The third-order valence-corrected chi connectivity index (χ3v) is 4.48. The summed E-state index contributed by atoms with van der Waals surface area (Å²) in [7, 11) is 0. The van der Waals surface area contributed by atoms with Gasteiger partial charge in [0.25, 0.3) is 0 Å². The predicted octanol–water partition coefficient (Wildman–Crippen LogP) is 1.90. The first-order valence-electron chi connectivity index (χ1n) is 7.46. The zero-order valence-corrected chi connectivity index (χ0v) is 11.9. The molecule has 108 valence electrons. The Morgan fingerprint density at radius 3 is 3.05 bits per heavy atom. The lowest BCUT2D eigenvalue weighted by Crippen LogP contribution is -2.39. The Morgan fingerprint density at radius 1 is 1.40 bits per heavy atom. The van der Waals surface area contributed by atoms with Crippen LogP contribution in [-0.4, -0.2) is 34.4 Å². The van der Waals surface area contributed by atoms with Crippen molar-refractivity contribution in [3.63, 3.8) is 0 Å². The molecular weight excluding hydrogens is 254 g/mol. The number of aliphatic carboxylic acids is 1. The van der Waals surface area contributed by atoms with E-state index in [4.69, 9.17) is 5.11 Å². The van der Waals surface area contributed by atoms with Crippen LogP contribution in [-0.2, 0) is 17.6 Å². The molecule has 0 radical (unpaired) electrons. The molecule has 0 bridgehead atoms. The summed E-state index contributed by atoms with van der Waals surface area (Å²) < 4.78 is 0. The highest BCUT2D eigenvalue weighted by molar-refractivity contribution is 5.71. The van der Waals surface area contributed by atoms with Gasteiger partial charge < -0.3 is 10.0 Å². The monoisotopic (exact) mass is 275 g/mol. The fraction of sp³-hybridized carbons (Fsp3) is 0.667. The van der Waals surface area contributed by atoms with E-state index in [0.29, 0.717) is 12.5 Å². The number of anilines is 1. The smallest absolute Gasteiger partial charge is 0.308 e. The molecule has 5 nitrogen and oxygen atoms in total. The van der Waals surface area contributed by atoms with Gasteiger partial charge in [-0.2, -0.15) is 5.10 Å². The van der Waals surface area contributed by atoms with Crippen molar-refractivity contribution in [2.45, 2.75) is 39.0 Å². The van der Waals surface area contributed by atoms with Crippen LogP contribution in [0.25, 0.3) is 0 Å². The molecule has 1 saturated heterocycles. The molecule has 1 N–H and O–H groups in total. The number of piperidine rings is 1. The van der Waals surface area contributed by atoms with E-state index in [0.717, 1.165) is 43.7 Å². The van der Waals surface area contributed by atoms with Crippen LogP contribution >= 0.6 is 0 Å². The highest BCUT2D eigenvalue weighted by Gasteiger charge is 2.27. The van der Waals surface area contributed by atoms with Crippen LogP contribution in [0.3, 0.4) is 0 Å². The Bertz CT molecular complexity index is 518. The van der Waals surface area contributed by atoms with Crippen LogP contribution in [0, 0.1) is 11.8 Å². The minimum atomic E-state index is -0.700. The lowest BCUT2D eigenvalue weighted by molar-refractivity contribution is -0.141. The molecule has 0 amide bonds. The quantitative estimate of drug-likeness (QED) is 0.893. The second kappa shape index (κ2) is 5.38. The summed E-state index contributed by atoms with van der Waals surface area (Å²) >= 11 is 0. The maximum atomic E-state index is 11.1. The Morgan fingerprint density at radius 2 is 2.25 bits per heavy atom. The van der Waals surface area contributed by atoms with Crippen molar-refractivity contribution in [1.29, 1.82) is 0 Å². The summed E-state index contributed by atoms with van der Waals surface area (Å²) in [4.78, 5) is 13.2. The van der Waals surface area contributed by atoms with E-state index >= 15 is 0 Å². The largest absolute Gasteiger partial charge is 0.481 e. The summed E-state index contributed by atoms with van der Waals surface area (Å²) in [6.45, 7) is 3.70. The summed E-state index contributed by atoms with van der Waals surface area (Å²) in [5.41, 5.74) is 2.42. The first-order chi connectivity index (χ1) is 9.63. The molecule has 2 heterocycles. The first-order valence-corrected chi connectivity index (χ1v) is 7.46. The summed E-state index contributed by atoms with van der Waals surface area (Å²) in [5, 5.41) is 17.8. The number of carboxylic acids is 1. The van der Waals surface area contributed by atoms with E-state index in [1.54, 1.807) is 0 Å². The topological polar surface area (TPSA) is 66.3 Å². The highest BCUT2D eigenvalue weighted by Crippen LogP contribution is 2.27. The lowest BCUT2D eigenvalue weighted by Gasteiger charge is -2.32. The van der Waals surface area contributed by atoms with E-state index in [1.165, 1.54) is 12.0 Å². The summed E-state index contributed by atoms with van der Waals surface area (Å²) in [6.07, 6.45) is 4.94. The van der Waals surface area contributed by atoms with Crippen LogP contribution in [0.5, 0.6) is 0 Å². The van der Waals surface area contributed by atoms with E-state index in [1.807, 2.05) is 0 Å². The third-order valence-electron chi connectivity index (χ3n) is 4.48. The molecule has 0 saturated carbocycles. The average Bonchev–Trinajstić information content (AvgIpc) is 2.46. The molecule has 2 atom stereocenters. The van der Waals surface area contributed by atoms with Gasteiger partial charge in [0, 0.05) is 13.1 Å². The van der Waals surface area contributed by atoms with Crippen LogP contribution < -0.4 is 4.90 Å². The number of rotatable bonds is 2. The molecule has 0 unspecified atom stereocenters.